The molecule has 1 fully saturated rings. The molecule has 19 heavy (non-hydrogen) atoms. The van der Waals surface area contributed by atoms with E-state index >= 15 is 0 Å². The molecule has 0 aromatic heterocycles. The molecule has 0 radical (unpaired) electrons. The van der Waals surface area contributed by atoms with Crippen molar-refractivity contribution in [2.45, 2.75) is 51.2 Å². The van der Waals surface area contributed by atoms with Crippen molar-refractivity contribution in [3.05, 3.63) is 35.4 Å². The van der Waals surface area contributed by atoms with Gasteiger partial charge in [-0.1, -0.05) is 31.2 Å². The summed E-state index contributed by atoms with van der Waals surface area (Å²) in [5.74, 6) is 0.860. The number of benzene rings is 1. The summed E-state index contributed by atoms with van der Waals surface area (Å²) in [6, 6.07) is 9.36. The molecule has 1 aromatic carbocycles. The maximum atomic E-state index is 6.26. The van der Waals surface area contributed by atoms with Crippen LogP contribution in [-0.4, -0.2) is 19.2 Å². The summed E-state index contributed by atoms with van der Waals surface area (Å²) in [5.41, 5.74) is 2.92. The molecule has 0 amide bonds. The van der Waals surface area contributed by atoms with Crippen molar-refractivity contribution in [3.63, 3.8) is 0 Å². The molecule has 0 saturated heterocycles. The molecule has 1 N–H and O–H groups in total. The molecule has 1 saturated carbocycles. The normalized spacial score (nSPS) is 23.9. The van der Waals surface area contributed by atoms with Gasteiger partial charge in [-0.15, -0.1) is 0 Å². The van der Waals surface area contributed by atoms with E-state index in [1.54, 1.807) is 0 Å². The Bertz CT molecular complexity index is 413. The third-order valence-electron chi connectivity index (χ3n) is 4.45. The molecule has 2 heteroatoms. The van der Waals surface area contributed by atoms with Crippen molar-refractivity contribution in [2.24, 2.45) is 5.92 Å². The molecule has 0 spiro atoms. The zero-order valence-electron chi connectivity index (χ0n) is 11.9. The van der Waals surface area contributed by atoms with Gasteiger partial charge in [0.2, 0.25) is 0 Å². The lowest BCUT2D eigenvalue weighted by molar-refractivity contribution is 0.0233. The Balaban J connectivity index is 1.61. The number of fused-ring (bicyclic) bond motifs is 1. The first-order valence-electron chi connectivity index (χ1n) is 7.81. The third kappa shape index (κ3) is 3.18. The molecule has 2 unspecified atom stereocenters. The molecule has 0 bridgehead atoms. The Morgan fingerprint density at radius 3 is 2.89 bits per heavy atom. The lowest BCUT2D eigenvalue weighted by Gasteiger charge is -2.28. The van der Waals surface area contributed by atoms with Crippen molar-refractivity contribution >= 4 is 0 Å². The van der Waals surface area contributed by atoms with E-state index in [4.69, 9.17) is 4.74 Å². The van der Waals surface area contributed by atoms with Gasteiger partial charge in [0.1, 0.15) is 0 Å². The Morgan fingerprint density at radius 1 is 1.26 bits per heavy atom. The molecule has 2 nitrogen and oxygen atoms in total. The second kappa shape index (κ2) is 6.06. The number of rotatable bonds is 6. The highest BCUT2D eigenvalue weighted by atomic mass is 16.5. The minimum atomic E-state index is 0.324. The van der Waals surface area contributed by atoms with Gasteiger partial charge in [-0.3, -0.25) is 0 Å². The second-order valence-electron chi connectivity index (χ2n) is 5.91. The zero-order chi connectivity index (χ0) is 13.1. The fraction of sp³-hybridized carbons (Fsp3) is 0.647. The SMILES string of the molecule is CCNC(COC1CCCc2ccccc21)C1CC1. The standard InChI is InChI=1S/C17H25NO/c1-2-18-16(14-10-11-14)12-19-17-9-5-7-13-6-3-4-8-15(13)17/h3-4,6,8,14,16-18H,2,5,7,9-12H2,1H3. The number of nitrogens with one attached hydrogen (secondary N) is 1. The van der Waals surface area contributed by atoms with Crippen LogP contribution in [0.3, 0.4) is 0 Å². The van der Waals surface area contributed by atoms with Crippen molar-refractivity contribution in [3.8, 4) is 0 Å². The van der Waals surface area contributed by atoms with E-state index in [1.807, 2.05) is 0 Å². The minimum absolute atomic E-state index is 0.324. The van der Waals surface area contributed by atoms with Gasteiger partial charge in [-0.2, -0.15) is 0 Å². The van der Waals surface area contributed by atoms with Gasteiger partial charge in [0.15, 0.2) is 0 Å². The smallest absolute Gasteiger partial charge is 0.0828 e. The van der Waals surface area contributed by atoms with E-state index < -0.39 is 0 Å². The number of ether oxygens (including phenoxy) is 1. The maximum Gasteiger partial charge on any atom is 0.0828 e. The van der Waals surface area contributed by atoms with Crippen molar-refractivity contribution in [2.75, 3.05) is 13.2 Å². The molecular weight excluding hydrogens is 234 g/mol. The topological polar surface area (TPSA) is 21.3 Å². The molecular formula is C17H25NO. The van der Waals surface area contributed by atoms with Crippen molar-refractivity contribution in [1.82, 2.24) is 5.32 Å². The summed E-state index contributed by atoms with van der Waals surface area (Å²) in [5, 5.41) is 3.58. The van der Waals surface area contributed by atoms with Crippen LogP contribution in [0.2, 0.25) is 0 Å². The van der Waals surface area contributed by atoms with E-state index in [2.05, 4.69) is 36.5 Å². The number of aryl methyl sites for hydroxylation is 1. The highest BCUT2D eigenvalue weighted by Gasteiger charge is 2.31. The lowest BCUT2D eigenvalue weighted by atomic mass is 9.89. The maximum absolute atomic E-state index is 6.26. The van der Waals surface area contributed by atoms with Crippen molar-refractivity contribution in [1.29, 1.82) is 0 Å². The van der Waals surface area contributed by atoms with Crippen LogP contribution in [0, 0.1) is 5.92 Å². The van der Waals surface area contributed by atoms with Gasteiger partial charge in [-0.25, -0.2) is 0 Å². The first kappa shape index (κ1) is 13.1. The van der Waals surface area contributed by atoms with Gasteiger partial charge in [0, 0.05) is 6.04 Å². The Morgan fingerprint density at radius 2 is 2.11 bits per heavy atom. The van der Waals surface area contributed by atoms with E-state index in [1.165, 1.54) is 43.2 Å². The summed E-state index contributed by atoms with van der Waals surface area (Å²) in [6.45, 7) is 4.11. The Kier molecular flexibility index (Phi) is 4.19. The number of likely N-dealkylation sites (N-methyl/N-ethyl adjacent to an activating group) is 1. The predicted molar refractivity (Wildman–Crippen MR) is 78.3 cm³/mol. The van der Waals surface area contributed by atoms with Crippen LogP contribution < -0.4 is 5.32 Å². The highest BCUT2D eigenvalue weighted by molar-refractivity contribution is 5.31. The molecule has 104 valence electrons. The van der Waals surface area contributed by atoms with Crippen LogP contribution in [-0.2, 0) is 11.2 Å². The van der Waals surface area contributed by atoms with Crippen LogP contribution in [0.1, 0.15) is 49.8 Å². The predicted octanol–water partition coefficient (Wildman–Crippen LogP) is 3.47. The van der Waals surface area contributed by atoms with E-state index in [0.717, 1.165) is 19.1 Å². The molecule has 1 aromatic rings. The molecule has 0 heterocycles. The number of hydrogen-bond acceptors (Lipinski definition) is 2. The van der Waals surface area contributed by atoms with Crippen LogP contribution in [0.5, 0.6) is 0 Å². The van der Waals surface area contributed by atoms with Gasteiger partial charge in [0.25, 0.3) is 0 Å². The first-order chi connectivity index (χ1) is 9.38. The monoisotopic (exact) mass is 259 g/mol. The quantitative estimate of drug-likeness (QED) is 0.844. The largest absolute Gasteiger partial charge is 0.372 e. The summed E-state index contributed by atoms with van der Waals surface area (Å²) < 4.78 is 6.26. The zero-order valence-corrected chi connectivity index (χ0v) is 11.9. The average Bonchev–Trinajstić information content (AvgIpc) is 3.28. The third-order valence-corrected chi connectivity index (χ3v) is 4.45. The first-order valence-corrected chi connectivity index (χ1v) is 7.81. The van der Waals surface area contributed by atoms with Gasteiger partial charge >= 0.3 is 0 Å². The molecule has 3 rings (SSSR count). The van der Waals surface area contributed by atoms with Crippen LogP contribution in [0.25, 0.3) is 0 Å². The second-order valence-corrected chi connectivity index (χ2v) is 5.91. The summed E-state index contributed by atoms with van der Waals surface area (Å²) in [6.07, 6.45) is 6.74. The molecule has 2 aliphatic rings. The molecule has 0 aliphatic heterocycles. The molecule has 2 aliphatic carbocycles. The minimum Gasteiger partial charge on any atom is -0.372 e. The van der Waals surface area contributed by atoms with Gasteiger partial charge < -0.3 is 10.1 Å². The van der Waals surface area contributed by atoms with Crippen molar-refractivity contribution < 1.29 is 4.74 Å². The Labute approximate surface area is 116 Å². The van der Waals surface area contributed by atoms with E-state index in [-0.39, 0.29) is 0 Å². The highest BCUT2D eigenvalue weighted by Crippen LogP contribution is 2.35. The summed E-state index contributed by atoms with van der Waals surface area (Å²) in [7, 11) is 0. The van der Waals surface area contributed by atoms with E-state index in [9.17, 15) is 0 Å². The summed E-state index contributed by atoms with van der Waals surface area (Å²) in [4.78, 5) is 0. The summed E-state index contributed by atoms with van der Waals surface area (Å²) >= 11 is 0. The van der Waals surface area contributed by atoms with Crippen LogP contribution in [0.15, 0.2) is 24.3 Å². The fourth-order valence-electron chi connectivity index (χ4n) is 3.22. The van der Waals surface area contributed by atoms with Gasteiger partial charge in [-0.05, 0) is 55.7 Å². The van der Waals surface area contributed by atoms with Crippen LogP contribution in [0.4, 0.5) is 0 Å². The lowest BCUT2D eigenvalue weighted by Crippen LogP contribution is -2.36. The number of hydrogen-bond donors (Lipinski definition) is 1. The average molecular weight is 259 g/mol. The Hall–Kier alpha value is -0.860. The fourth-order valence-corrected chi connectivity index (χ4v) is 3.22. The van der Waals surface area contributed by atoms with E-state index in [0.29, 0.717) is 12.1 Å². The van der Waals surface area contributed by atoms with Gasteiger partial charge in [0.05, 0.1) is 12.7 Å². The van der Waals surface area contributed by atoms with Crippen LogP contribution >= 0.6 is 0 Å². The molecule has 2 atom stereocenters.